The zero-order chi connectivity index (χ0) is 10.1. The zero-order valence-electron chi connectivity index (χ0n) is 7.46. The molecule has 2 nitrogen and oxygen atoms in total. The Kier molecular flexibility index (Phi) is 2.71. The van der Waals surface area contributed by atoms with Gasteiger partial charge in [-0.05, 0) is 24.1 Å². The molecule has 0 atom stereocenters. The third-order valence-electron chi connectivity index (χ3n) is 1.73. The van der Waals surface area contributed by atoms with Gasteiger partial charge in [-0.2, -0.15) is 0 Å². The number of rotatable bonds is 2. The lowest BCUT2D eigenvalue weighted by Gasteiger charge is -2.03. The summed E-state index contributed by atoms with van der Waals surface area (Å²) in [6, 6.07) is 5.31. The molecule has 0 aliphatic heterocycles. The highest BCUT2D eigenvalue weighted by atomic mass is 32.2. The van der Waals surface area contributed by atoms with Crippen LogP contribution in [0.25, 0.3) is 0 Å². The second-order valence-electron chi connectivity index (χ2n) is 2.76. The molecule has 13 heavy (non-hydrogen) atoms. The van der Waals surface area contributed by atoms with Crippen molar-refractivity contribution in [2.24, 2.45) is 0 Å². The Morgan fingerprint density at radius 2 is 2.15 bits per heavy atom. The molecule has 1 aromatic rings. The smallest absolute Gasteiger partial charge is 0.178 e. The van der Waals surface area contributed by atoms with Crippen LogP contribution < -0.4 is 0 Å². The minimum Gasteiger partial charge on any atom is -0.224 e. The SMILES string of the molecule is CCc1[c]ccc(S(C)(=O)=O)c1F. The Morgan fingerprint density at radius 1 is 1.54 bits per heavy atom. The normalized spacial score (nSPS) is 11.6. The minimum absolute atomic E-state index is 0.247. The Hall–Kier alpha value is -0.900. The predicted molar refractivity (Wildman–Crippen MR) is 47.7 cm³/mol. The van der Waals surface area contributed by atoms with E-state index in [0.29, 0.717) is 12.0 Å². The van der Waals surface area contributed by atoms with Crippen molar-refractivity contribution in [3.05, 3.63) is 29.6 Å². The molecule has 0 amide bonds. The van der Waals surface area contributed by atoms with Gasteiger partial charge >= 0.3 is 0 Å². The van der Waals surface area contributed by atoms with E-state index in [-0.39, 0.29) is 4.90 Å². The summed E-state index contributed by atoms with van der Waals surface area (Å²) >= 11 is 0. The van der Waals surface area contributed by atoms with Crippen LogP contribution in [0.5, 0.6) is 0 Å². The number of hydrogen-bond donors (Lipinski definition) is 0. The van der Waals surface area contributed by atoms with Crippen molar-refractivity contribution in [1.29, 1.82) is 0 Å². The van der Waals surface area contributed by atoms with Gasteiger partial charge in [-0.1, -0.05) is 13.0 Å². The molecule has 0 aliphatic carbocycles. The lowest BCUT2D eigenvalue weighted by atomic mass is 10.2. The average molecular weight is 201 g/mol. The van der Waals surface area contributed by atoms with Crippen molar-refractivity contribution in [3.8, 4) is 0 Å². The molecule has 0 fully saturated rings. The van der Waals surface area contributed by atoms with E-state index in [0.717, 1.165) is 6.26 Å². The van der Waals surface area contributed by atoms with Crippen LogP contribution >= 0.6 is 0 Å². The first-order chi connectivity index (χ1) is 5.96. The van der Waals surface area contributed by atoms with E-state index >= 15 is 0 Å². The van der Waals surface area contributed by atoms with Gasteiger partial charge in [-0.15, -0.1) is 0 Å². The fraction of sp³-hybridized carbons (Fsp3) is 0.333. The highest BCUT2D eigenvalue weighted by Gasteiger charge is 2.15. The first-order valence-corrected chi connectivity index (χ1v) is 5.75. The molecule has 1 rings (SSSR count). The second-order valence-corrected chi connectivity index (χ2v) is 4.74. The molecule has 0 aromatic heterocycles. The van der Waals surface area contributed by atoms with E-state index in [4.69, 9.17) is 0 Å². The maximum Gasteiger partial charge on any atom is 0.178 e. The van der Waals surface area contributed by atoms with Crippen molar-refractivity contribution in [2.75, 3.05) is 6.26 Å². The predicted octanol–water partition coefficient (Wildman–Crippen LogP) is 1.59. The van der Waals surface area contributed by atoms with Crippen molar-refractivity contribution in [3.63, 3.8) is 0 Å². The van der Waals surface area contributed by atoms with Gasteiger partial charge < -0.3 is 0 Å². The van der Waals surface area contributed by atoms with E-state index in [1.54, 1.807) is 6.92 Å². The van der Waals surface area contributed by atoms with Gasteiger partial charge in [0.2, 0.25) is 0 Å². The van der Waals surface area contributed by atoms with E-state index in [1.165, 1.54) is 12.1 Å². The minimum atomic E-state index is -3.46. The van der Waals surface area contributed by atoms with E-state index in [1.807, 2.05) is 0 Å². The Labute approximate surface area is 77.3 Å². The summed E-state index contributed by atoms with van der Waals surface area (Å²) in [6.45, 7) is 1.75. The molecule has 0 bridgehead atoms. The third kappa shape index (κ3) is 2.06. The summed E-state index contributed by atoms with van der Waals surface area (Å²) in [4.78, 5) is -0.247. The summed E-state index contributed by atoms with van der Waals surface area (Å²) in [5, 5.41) is 0. The fourth-order valence-electron chi connectivity index (χ4n) is 1.05. The van der Waals surface area contributed by atoms with Crippen LogP contribution in [0.15, 0.2) is 17.0 Å². The van der Waals surface area contributed by atoms with E-state index in [2.05, 4.69) is 6.07 Å². The maximum absolute atomic E-state index is 13.4. The highest BCUT2D eigenvalue weighted by Crippen LogP contribution is 2.17. The standard InChI is InChI=1S/C9H10FO2S/c1-3-7-5-4-6-8(9(7)10)13(2,11)12/h4,6H,3H2,1-2H3. The van der Waals surface area contributed by atoms with Gasteiger partial charge in [0.05, 0.1) is 0 Å². The molecule has 0 spiro atoms. The fourth-order valence-corrected chi connectivity index (χ4v) is 1.81. The molecule has 0 heterocycles. The topological polar surface area (TPSA) is 34.1 Å². The molecule has 0 unspecified atom stereocenters. The highest BCUT2D eigenvalue weighted by molar-refractivity contribution is 7.90. The van der Waals surface area contributed by atoms with Crippen molar-refractivity contribution in [2.45, 2.75) is 18.2 Å². The summed E-state index contributed by atoms with van der Waals surface area (Å²) < 4.78 is 35.5. The van der Waals surface area contributed by atoms with Gasteiger partial charge in [-0.25, -0.2) is 12.8 Å². The summed E-state index contributed by atoms with van der Waals surface area (Å²) in [5.41, 5.74) is 0.308. The van der Waals surface area contributed by atoms with Crippen molar-refractivity contribution >= 4 is 9.84 Å². The quantitative estimate of drug-likeness (QED) is 0.728. The molecule has 1 aromatic carbocycles. The molecule has 0 aliphatic rings. The summed E-state index contributed by atoms with van der Waals surface area (Å²) in [6.07, 6.45) is 1.43. The molecular formula is C9H10FO2S. The molecule has 0 saturated heterocycles. The summed E-state index contributed by atoms with van der Waals surface area (Å²) in [7, 11) is -3.46. The van der Waals surface area contributed by atoms with Crippen LogP contribution in [-0.2, 0) is 16.3 Å². The summed E-state index contributed by atoms with van der Waals surface area (Å²) in [5.74, 6) is -0.674. The number of aryl methyl sites for hydroxylation is 1. The van der Waals surface area contributed by atoms with Gasteiger partial charge in [0.25, 0.3) is 0 Å². The lowest BCUT2D eigenvalue weighted by molar-refractivity contribution is 0.561. The van der Waals surface area contributed by atoms with Gasteiger partial charge in [0, 0.05) is 6.26 Å². The molecule has 0 saturated carbocycles. The van der Waals surface area contributed by atoms with Crippen LogP contribution in [0.1, 0.15) is 12.5 Å². The number of benzene rings is 1. The van der Waals surface area contributed by atoms with E-state index in [9.17, 15) is 12.8 Å². The number of hydrogen-bond acceptors (Lipinski definition) is 2. The molecular weight excluding hydrogens is 191 g/mol. The monoisotopic (exact) mass is 201 g/mol. The van der Waals surface area contributed by atoms with Gasteiger partial charge in [-0.3, -0.25) is 0 Å². The molecule has 71 valence electrons. The van der Waals surface area contributed by atoms with Crippen LogP contribution in [-0.4, -0.2) is 14.7 Å². The lowest BCUT2D eigenvalue weighted by Crippen LogP contribution is -2.03. The van der Waals surface area contributed by atoms with Crippen LogP contribution in [0.4, 0.5) is 4.39 Å². The average Bonchev–Trinajstić information content (AvgIpc) is 2.02. The van der Waals surface area contributed by atoms with Crippen LogP contribution in [0, 0.1) is 11.9 Å². The molecule has 0 N–H and O–H groups in total. The Morgan fingerprint density at radius 3 is 2.62 bits per heavy atom. The number of halogens is 1. The Balaban J connectivity index is 3.41. The van der Waals surface area contributed by atoms with Crippen LogP contribution in [0.3, 0.4) is 0 Å². The molecule has 1 radical (unpaired) electrons. The van der Waals surface area contributed by atoms with Gasteiger partial charge in [0.1, 0.15) is 10.7 Å². The zero-order valence-corrected chi connectivity index (χ0v) is 8.28. The van der Waals surface area contributed by atoms with Crippen molar-refractivity contribution in [1.82, 2.24) is 0 Å². The van der Waals surface area contributed by atoms with Crippen molar-refractivity contribution < 1.29 is 12.8 Å². The maximum atomic E-state index is 13.4. The van der Waals surface area contributed by atoms with Gasteiger partial charge in [0.15, 0.2) is 9.84 Å². The first kappa shape index (κ1) is 10.2. The second kappa shape index (κ2) is 3.46. The van der Waals surface area contributed by atoms with E-state index < -0.39 is 15.7 Å². The molecule has 4 heteroatoms. The first-order valence-electron chi connectivity index (χ1n) is 3.86. The number of sulfone groups is 1. The third-order valence-corrected chi connectivity index (χ3v) is 2.84. The largest absolute Gasteiger partial charge is 0.224 e. The van der Waals surface area contributed by atoms with Crippen LogP contribution in [0.2, 0.25) is 0 Å². The Bertz CT molecular complexity index is 410.